The summed E-state index contributed by atoms with van der Waals surface area (Å²) in [5.74, 6) is 0. The predicted molar refractivity (Wildman–Crippen MR) is 54.1 cm³/mol. The number of benzene rings is 1. The Bertz CT molecular complexity index is 295. The first-order valence-corrected chi connectivity index (χ1v) is 4.23. The molecule has 1 rings (SSSR count). The molecule has 11 heavy (non-hydrogen) atoms. The van der Waals surface area contributed by atoms with Gasteiger partial charge < -0.3 is 0 Å². The van der Waals surface area contributed by atoms with Crippen LogP contribution in [0, 0.1) is 11.3 Å². The lowest BCUT2D eigenvalue weighted by Crippen LogP contribution is -1.69. The third-order valence-electron chi connectivity index (χ3n) is 1.20. The number of nitrogens with zero attached hydrogens (tertiary/aromatic N) is 1. The minimum absolute atomic E-state index is 0.703. The minimum atomic E-state index is 0.703. The van der Waals surface area contributed by atoms with E-state index in [0.717, 1.165) is 5.56 Å². The Kier molecular flexibility index (Phi) is 3.12. The summed E-state index contributed by atoms with van der Waals surface area (Å²) in [6.45, 7) is 0. The van der Waals surface area contributed by atoms with Gasteiger partial charge in [-0.25, -0.2) is 0 Å². The summed E-state index contributed by atoms with van der Waals surface area (Å²) in [7, 11) is 0. The van der Waals surface area contributed by atoms with Crippen molar-refractivity contribution in [1.82, 2.24) is 0 Å². The predicted octanol–water partition coefficient (Wildman–Crippen LogP) is 2.99. The van der Waals surface area contributed by atoms with Crippen LogP contribution < -0.4 is 0 Å². The second-order valence-corrected chi connectivity index (χ2v) is 3.18. The van der Waals surface area contributed by atoms with Crippen LogP contribution in [0.3, 0.4) is 0 Å². The van der Waals surface area contributed by atoms with Crippen LogP contribution in [0.1, 0.15) is 5.56 Å². The summed E-state index contributed by atoms with van der Waals surface area (Å²) in [4.78, 5) is 0. The van der Waals surface area contributed by atoms with Crippen molar-refractivity contribution >= 4 is 28.7 Å². The summed E-state index contributed by atoms with van der Waals surface area (Å²) < 4.78 is 0.703. The normalized spacial score (nSPS) is 10.7. The van der Waals surface area contributed by atoms with Crippen molar-refractivity contribution < 1.29 is 0 Å². The van der Waals surface area contributed by atoms with Crippen LogP contribution in [-0.4, -0.2) is 0 Å². The van der Waals surface area contributed by atoms with E-state index < -0.39 is 0 Å². The van der Waals surface area contributed by atoms with Gasteiger partial charge in [0, 0.05) is 0 Å². The maximum atomic E-state index is 8.47. The van der Waals surface area contributed by atoms with E-state index in [1.54, 1.807) is 0 Å². The van der Waals surface area contributed by atoms with Gasteiger partial charge in [0.2, 0.25) is 0 Å². The average molecular weight is 255 g/mol. The van der Waals surface area contributed by atoms with Gasteiger partial charge in [-0.1, -0.05) is 30.3 Å². The lowest BCUT2D eigenvalue weighted by Gasteiger charge is -1.89. The lowest BCUT2D eigenvalue weighted by molar-refractivity contribution is 1.53. The molecule has 0 radical (unpaired) electrons. The van der Waals surface area contributed by atoms with Gasteiger partial charge in [-0.2, -0.15) is 5.26 Å². The Morgan fingerprint density at radius 3 is 2.55 bits per heavy atom. The highest BCUT2D eigenvalue weighted by molar-refractivity contribution is 14.1. The molecule has 1 aromatic carbocycles. The molecule has 1 aromatic rings. The van der Waals surface area contributed by atoms with Crippen LogP contribution in [0.25, 0.3) is 6.08 Å². The Morgan fingerprint density at radius 1 is 1.36 bits per heavy atom. The molecule has 0 unspecified atom stereocenters. The van der Waals surface area contributed by atoms with Gasteiger partial charge >= 0.3 is 0 Å². The zero-order valence-corrected chi connectivity index (χ0v) is 7.95. The first-order chi connectivity index (χ1) is 5.33. The van der Waals surface area contributed by atoms with E-state index in [-0.39, 0.29) is 0 Å². The zero-order valence-electron chi connectivity index (χ0n) is 5.79. The van der Waals surface area contributed by atoms with Gasteiger partial charge in [-0.05, 0) is 34.2 Å². The Hall–Kier alpha value is -0.820. The fourth-order valence-corrected chi connectivity index (χ4v) is 1.09. The molecule has 54 valence electrons. The Labute approximate surface area is 79.5 Å². The minimum Gasteiger partial charge on any atom is -0.192 e. The molecule has 0 aliphatic rings. The number of allylic oxidation sites excluding steroid dienone is 1. The maximum absolute atomic E-state index is 8.47. The van der Waals surface area contributed by atoms with Crippen molar-refractivity contribution in [2.75, 3.05) is 0 Å². The van der Waals surface area contributed by atoms with E-state index in [2.05, 4.69) is 6.07 Å². The summed E-state index contributed by atoms with van der Waals surface area (Å²) >= 11 is 2.01. The highest BCUT2D eigenvalue weighted by Crippen LogP contribution is 2.10. The molecule has 0 fully saturated rings. The third-order valence-corrected chi connectivity index (χ3v) is 1.75. The summed E-state index contributed by atoms with van der Waals surface area (Å²) in [6, 6.07) is 11.9. The molecule has 0 saturated carbocycles. The zero-order chi connectivity index (χ0) is 8.10. The number of rotatable bonds is 1. The standard InChI is InChI=1S/C9H6IN/c10-9(7-11)6-8-4-2-1-3-5-8/h1-6H/b9-6-. The Balaban J connectivity index is 2.90. The second kappa shape index (κ2) is 4.14. The van der Waals surface area contributed by atoms with Gasteiger partial charge in [-0.15, -0.1) is 0 Å². The smallest absolute Gasteiger partial charge is 0.106 e. The van der Waals surface area contributed by atoms with Gasteiger partial charge in [-0.3, -0.25) is 0 Å². The lowest BCUT2D eigenvalue weighted by atomic mass is 10.2. The van der Waals surface area contributed by atoms with Crippen LogP contribution >= 0.6 is 22.6 Å². The number of halogens is 1. The van der Waals surface area contributed by atoms with Crippen LogP contribution in [0.5, 0.6) is 0 Å². The van der Waals surface area contributed by atoms with Crippen molar-refractivity contribution in [3.05, 3.63) is 39.5 Å². The first-order valence-electron chi connectivity index (χ1n) is 3.15. The highest BCUT2D eigenvalue weighted by atomic mass is 127. The van der Waals surface area contributed by atoms with Crippen molar-refractivity contribution in [3.63, 3.8) is 0 Å². The molecule has 0 aliphatic heterocycles. The molecule has 0 aromatic heterocycles. The molecule has 0 aliphatic carbocycles. The van der Waals surface area contributed by atoms with Crippen molar-refractivity contribution in [3.8, 4) is 6.07 Å². The van der Waals surface area contributed by atoms with Crippen molar-refractivity contribution in [2.24, 2.45) is 0 Å². The maximum Gasteiger partial charge on any atom is 0.106 e. The fourth-order valence-electron chi connectivity index (χ4n) is 0.728. The first kappa shape index (κ1) is 8.28. The van der Waals surface area contributed by atoms with E-state index in [1.807, 2.05) is 59.0 Å². The third kappa shape index (κ3) is 2.72. The largest absolute Gasteiger partial charge is 0.192 e. The molecule has 0 saturated heterocycles. The molecular formula is C9H6IN. The molecule has 0 amide bonds. The molecule has 0 heterocycles. The number of hydrogen-bond donors (Lipinski definition) is 0. The van der Waals surface area contributed by atoms with Crippen LogP contribution in [0.15, 0.2) is 33.9 Å². The SMILES string of the molecule is N#C/C(I)=C/c1ccccc1. The fraction of sp³-hybridized carbons (Fsp3) is 0. The van der Waals surface area contributed by atoms with Crippen LogP contribution in [0.2, 0.25) is 0 Å². The van der Waals surface area contributed by atoms with Crippen molar-refractivity contribution in [1.29, 1.82) is 5.26 Å². The molecular weight excluding hydrogens is 249 g/mol. The van der Waals surface area contributed by atoms with E-state index in [4.69, 9.17) is 5.26 Å². The summed E-state index contributed by atoms with van der Waals surface area (Å²) in [6.07, 6.45) is 1.85. The highest BCUT2D eigenvalue weighted by Gasteiger charge is 1.87. The monoisotopic (exact) mass is 255 g/mol. The van der Waals surface area contributed by atoms with E-state index in [0.29, 0.717) is 3.58 Å². The van der Waals surface area contributed by atoms with E-state index >= 15 is 0 Å². The number of hydrogen-bond acceptors (Lipinski definition) is 1. The van der Waals surface area contributed by atoms with Gasteiger partial charge in [0.05, 0.1) is 3.58 Å². The molecule has 2 heteroatoms. The van der Waals surface area contributed by atoms with E-state index in [9.17, 15) is 0 Å². The van der Waals surface area contributed by atoms with Gasteiger partial charge in [0.25, 0.3) is 0 Å². The average Bonchev–Trinajstić information content (AvgIpc) is 2.06. The quantitative estimate of drug-likeness (QED) is 0.559. The molecule has 0 bridgehead atoms. The molecule has 1 nitrogen and oxygen atoms in total. The molecule has 0 N–H and O–H groups in total. The molecule has 0 spiro atoms. The Morgan fingerprint density at radius 2 is 2.00 bits per heavy atom. The van der Waals surface area contributed by atoms with E-state index in [1.165, 1.54) is 0 Å². The van der Waals surface area contributed by atoms with Crippen LogP contribution in [-0.2, 0) is 0 Å². The van der Waals surface area contributed by atoms with Crippen LogP contribution in [0.4, 0.5) is 0 Å². The molecule has 0 atom stereocenters. The topological polar surface area (TPSA) is 23.8 Å². The van der Waals surface area contributed by atoms with Gasteiger partial charge in [0.15, 0.2) is 0 Å². The second-order valence-electron chi connectivity index (χ2n) is 2.01. The summed E-state index contributed by atoms with van der Waals surface area (Å²) in [5, 5.41) is 8.47. The summed E-state index contributed by atoms with van der Waals surface area (Å²) in [5.41, 5.74) is 1.07. The van der Waals surface area contributed by atoms with Gasteiger partial charge in [0.1, 0.15) is 6.07 Å². The van der Waals surface area contributed by atoms with Crippen molar-refractivity contribution in [2.45, 2.75) is 0 Å². The number of nitriles is 1.